The quantitative estimate of drug-likeness (QED) is 0.363. The Morgan fingerprint density at radius 2 is 0.929 bits per heavy atom. The van der Waals surface area contributed by atoms with Crippen molar-refractivity contribution in [1.82, 2.24) is 0 Å². The Morgan fingerprint density at radius 1 is 0.429 bits per heavy atom. The standard InChI is InChI=1S/C26H22O2/c1-19-12-14-23(15-13-19)27-25-10-4-7-21(17-25)22-8-5-11-26(18-22)28-24-9-3-6-20(2)16-24/h3-18H,1-2H3. The van der Waals surface area contributed by atoms with Crippen molar-refractivity contribution >= 4 is 0 Å². The van der Waals surface area contributed by atoms with Crippen LogP contribution < -0.4 is 9.47 Å². The SMILES string of the molecule is Cc1ccc(Oc2cccc(-c3cccc(Oc4cccc(C)c4)c3)c2)cc1. The largest absolute Gasteiger partial charge is 0.457 e. The van der Waals surface area contributed by atoms with Crippen molar-refractivity contribution in [2.24, 2.45) is 0 Å². The zero-order valence-corrected chi connectivity index (χ0v) is 16.1. The molecule has 0 radical (unpaired) electrons. The molecule has 0 heterocycles. The third-order valence-corrected chi connectivity index (χ3v) is 4.48. The highest BCUT2D eigenvalue weighted by Gasteiger charge is 2.04. The number of rotatable bonds is 5. The molecule has 0 saturated heterocycles. The van der Waals surface area contributed by atoms with E-state index in [1.165, 1.54) is 11.1 Å². The Bertz CT molecular complexity index is 1080. The van der Waals surface area contributed by atoms with Crippen LogP contribution in [-0.2, 0) is 0 Å². The van der Waals surface area contributed by atoms with Crippen LogP contribution in [0.25, 0.3) is 11.1 Å². The molecule has 0 spiro atoms. The van der Waals surface area contributed by atoms with Crippen LogP contribution in [0.15, 0.2) is 97.1 Å². The van der Waals surface area contributed by atoms with E-state index in [1.54, 1.807) is 0 Å². The molecule has 4 aromatic carbocycles. The molecule has 0 fully saturated rings. The van der Waals surface area contributed by atoms with E-state index in [-0.39, 0.29) is 0 Å². The van der Waals surface area contributed by atoms with Crippen molar-refractivity contribution in [3.63, 3.8) is 0 Å². The van der Waals surface area contributed by atoms with Crippen LogP contribution in [0.3, 0.4) is 0 Å². The molecule has 0 aliphatic heterocycles. The number of hydrogen-bond acceptors (Lipinski definition) is 2. The minimum Gasteiger partial charge on any atom is -0.457 e. The first-order valence-corrected chi connectivity index (χ1v) is 9.35. The number of aryl methyl sites for hydroxylation is 2. The second kappa shape index (κ2) is 8.01. The van der Waals surface area contributed by atoms with Gasteiger partial charge in [-0.05, 0) is 79.1 Å². The Hall–Kier alpha value is -3.52. The van der Waals surface area contributed by atoms with Crippen molar-refractivity contribution in [3.8, 4) is 34.1 Å². The van der Waals surface area contributed by atoms with E-state index in [0.717, 1.165) is 34.1 Å². The minimum atomic E-state index is 0.811. The summed E-state index contributed by atoms with van der Waals surface area (Å²) >= 11 is 0. The van der Waals surface area contributed by atoms with Gasteiger partial charge in [0.05, 0.1) is 0 Å². The fourth-order valence-electron chi connectivity index (χ4n) is 3.04. The van der Waals surface area contributed by atoms with E-state index in [2.05, 4.69) is 32.0 Å². The van der Waals surface area contributed by atoms with E-state index in [9.17, 15) is 0 Å². The van der Waals surface area contributed by atoms with Crippen molar-refractivity contribution < 1.29 is 9.47 Å². The third-order valence-electron chi connectivity index (χ3n) is 4.48. The first-order valence-electron chi connectivity index (χ1n) is 9.35. The van der Waals surface area contributed by atoms with Gasteiger partial charge in [-0.15, -0.1) is 0 Å². The first kappa shape index (κ1) is 17.9. The maximum atomic E-state index is 6.03. The molecule has 2 nitrogen and oxygen atoms in total. The normalized spacial score (nSPS) is 10.5. The summed E-state index contributed by atoms with van der Waals surface area (Å²) in [7, 11) is 0. The van der Waals surface area contributed by atoms with E-state index >= 15 is 0 Å². The summed E-state index contributed by atoms with van der Waals surface area (Å²) < 4.78 is 12.0. The van der Waals surface area contributed by atoms with Gasteiger partial charge in [0.15, 0.2) is 0 Å². The van der Waals surface area contributed by atoms with Crippen molar-refractivity contribution in [2.75, 3.05) is 0 Å². The lowest BCUT2D eigenvalue weighted by atomic mass is 10.1. The molecular formula is C26H22O2. The summed E-state index contributed by atoms with van der Waals surface area (Å²) in [6.45, 7) is 4.12. The monoisotopic (exact) mass is 366 g/mol. The molecule has 0 unspecified atom stereocenters. The number of ether oxygens (including phenoxy) is 2. The lowest BCUT2D eigenvalue weighted by molar-refractivity contribution is 0.481. The summed E-state index contributed by atoms with van der Waals surface area (Å²) in [6.07, 6.45) is 0. The third kappa shape index (κ3) is 4.41. The van der Waals surface area contributed by atoms with Crippen LogP contribution in [0.4, 0.5) is 0 Å². The van der Waals surface area contributed by atoms with E-state index in [4.69, 9.17) is 9.47 Å². The van der Waals surface area contributed by atoms with Gasteiger partial charge in [0.1, 0.15) is 23.0 Å². The summed E-state index contributed by atoms with van der Waals surface area (Å²) in [5.41, 5.74) is 4.56. The molecule has 138 valence electrons. The highest BCUT2D eigenvalue weighted by atomic mass is 16.5. The second-order valence-electron chi connectivity index (χ2n) is 6.89. The van der Waals surface area contributed by atoms with E-state index in [0.29, 0.717) is 0 Å². The van der Waals surface area contributed by atoms with E-state index < -0.39 is 0 Å². The Morgan fingerprint density at radius 3 is 1.50 bits per heavy atom. The van der Waals surface area contributed by atoms with Gasteiger partial charge in [0.25, 0.3) is 0 Å². The Labute approximate surface area is 166 Å². The molecule has 2 heteroatoms. The maximum Gasteiger partial charge on any atom is 0.128 e. The zero-order chi connectivity index (χ0) is 19.3. The predicted molar refractivity (Wildman–Crippen MR) is 114 cm³/mol. The lowest BCUT2D eigenvalue weighted by Gasteiger charge is -2.10. The van der Waals surface area contributed by atoms with Crippen molar-refractivity contribution in [1.29, 1.82) is 0 Å². The average Bonchev–Trinajstić information content (AvgIpc) is 2.70. The van der Waals surface area contributed by atoms with Crippen molar-refractivity contribution in [2.45, 2.75) is 13.8 Å². The molecule has 0 atom stereocenters. The number of benzene rings is 4. The van der Waals surface area contributed by atoms with Crippen LogP contribution in [0, 0.1) is 13.8 Å². The predicted octanol–water partition coefficient (Wildman–Crippen LogP) is 7.56. The Kier molecular flexibility index (Phi) is 5.11. The van der Waals surface area contributed by atoms with Crippen LogP contribution in [-0.4, -0.2) is 0 Å². The summed E-state index contributed by atoms with van der Waals surface area (Å²) in [5, 5.41) is 0. The van der Waals surface area contributed by atoms with Gasteiger partial charge >= 0.3 is 0 Å². The molecule has 28 heavy (non-hydrogen) atoms. The molecule has 0 aliphatic rings. The topological polar surface area (TPSA) is 18.5 Å². The highest BCUT2D eigenvalue weighted by molar-refractivity contribution is 5.67. The van der Waals surface area contributed by atoms with Gasteiger partial charge in [-0.1, -0.05) is 54.1 Å². The highest BCUT2D eigenvalue weighted by Crippen LogP contribution is 2.31. The van der Waals surface area contributed by atoms with Crippen LogP contribution in [0.5, 0.6) is 23.0 Å². The molecule has 0 amide bonds. The zero-order valence-electron chi connectivity index (χ0n) is 16.1. The molecule has 4 aromatic rings. The molecule has 0 aromatic heterocycles. The fourth-order valence-corrected chi connectivity index (χ4v) is 3.04. The molecular weight excluding hydrogens is 344 g/mol. The van der Waals surface area contributed by atoms with Gasteiger partial charge in [-0.3, -0.25) is 0 Å². The number of hydrogen-bond donors (Lipinski definition) is 0. The lowest BCUT2D eigenvalue weighted by Crippen LogP contribution is -1.87. The molecule has 0 N–H and O–H groups in total. The van der Waals surface area contributed by atoms with Gasteiger partial charge in [0, 0.05) is 0 Å². The smallest absolute Gasteiger partial charge is 0.128 e. The molecule has 0 bridgehead atoms. The maximum absolute atomic E-state index is 6.03. The summed E-state index contributed by atoms with van der Waals surface area (Å²) in [6, 6.07) is 32.3. The van der Waals surface area contributed by atoms with Gasteiger partial charge in [0.2, 0.25) is 0 Å². The second-order valence-corrected chi connectivity index (χ2v) is 6.89. The fraction of sp³-hybridized carbons (Fsp3) is 0.0769. The van der Waals surface area contributed by atoms with Crippen LogP contribution >= 0.6 is 0 Å². The first-order chi connectivity index (χ1) is 13.7. The van der Waals surface area contributed by atoms with Gasteiger partial charge < -0.3 is 9.47 Å². The summed E-state index contributed by atoms with van der Waals surface area (Å²) in [4.78, 5) is 0. The average molecular weight is 366 g/mol. The van der Waals surface area contributed by atoms with Crippen molar-refractivity contribution in [3.05, 3.63) is 108 Å². The van der Waals surface area contributed by atoms with Gasteiger partial charge in [-0.2, -0.15) is 0 Å². The molecule has 0 saturated carbocycles. The molecule has 4 rings (SSSR count). The van der Waals surface area contributed by atoms with Crippen LogP contribution in [0.1, 0.15) is 11.1 Å². The van der Waals surface area contributed by atoms with Crippen LogP contribution in [0.2, 0.25) is 0 Å². The van der Waals surface area contributed by atoms with Gasteiger partial charge in [-0.25, -0.2) is 0 Å². The van der Waals surface area contributed by atoms with E-state index in [1.807, 2.05) is 78.9 Å². The molecule has 0 aliphatic carbocycles. The minimum absolute atomic E-state index is 0.811. The Balaban J connectivity index is 1.56. The summed E-state index contributed by atoms with van der Waals surface area (Å²) in [5.74, 6) is 3.30.